The molecule has 1 saturated heterocycles. The molecular formula is C13H23N3S. The molecule has 1 aromatic rings. The van der Waals surface area contributed by atoms with E-state index in [1.165, 1.54) is 49.2 Å². The first-order chi connectivity index (χ1) is 8.36. The zero-order valence-corrected chi connectivity index (χ0v) is 11.5. The normalized spacial score (nSPS) is 20.6. The number of nitrogens with zero attached hydrogens (tertiary/aromatic N) is 1. The predicted octanol–water partition coefficient (Wildman–Crippen LogP) is 2.46. The molecule has 0 aromatic carbocycles. The third-order valence-electron chi connectivity index (χ3n) is 3.45. The zero-order chi connectivity index (χ0) is 11.9. The number of nitrogens with one attached hydrogen (secondary N) is 2. The molecule has 96 valence electrons. The molecule has 1 aromatic heterocycles. The number of piperidine rings is 1. The van der Waals surface area contributed by atoms with Gasteiger partial charge in [0.25, 0.3) is 0 Å². The molecule has 2 N–H and O–H groups in total. The molecule has 0 bridgehead atoms. The molecule has 1 aliphatic heterocycles. The summed E-state index contributed by atoms with van der Waals surface area (Å²) >= 11 is 1.75. The molecule has 3 nitrogen and oxygen atoms in total. The monoisotopic (exact) mass is 253 g/mol. The van der Waals surface area contributed by atoms with Crippen LogP contribution in [0.3, 0.4) is 0 Å². The summed E-state index contributed by atoms with van der Waals surface area (Å²) in [5, 5.41) is 7.11. The lowest BCUT2D eigenvalue weighted by molar-refractivity contribution is 0.373. The van der Waals surface area contributed by atoms with E-state index in [-0.39, 0.29) is 0 Å². The van der Waals surface area contributed by atoms with E-state index in [0.717, 1.165) is 19.1 Å². The van der Waals surface area contributed by atoms with Crippen molar-refractivity contribution in [2.45, 2.75) is 51.6 Å². The van der Waals surface area contributed by atoms with Crippen LogP contribution in [0.15, 0.2) is 5.51 Å². The largest absolute Gasteiger partial charge is 0.314 e. The predicted molar refractivity (Wildman–Crippen MR) is 73.4 cm³/mol. The summed E-state index contributed by atoms with van der Waals surface area (Å²) in [6, 6.07) is 0.774. The number of hydrogen-bond donors (Lipinski definition) is 2. The molecule has 0 saturated carbocycles. The van der Waals surface area contributed by atoms with Crippen LogP contribution in [0.5, 0.6) is 0 Å². The van der Waals surface area contributed by atoms with E-state index in [2.05, 4.69) is 22.5 Å². The van der Waals surface area contributed by atoms with Crippen molar-refractivity contribution in [1.82, 2.24) is 15.6 Å². The summed E-state index contributed by atoms with van der Waals surface area (Å²) < 4.78 is 0. The minimum atomic E-state index is 0.774. The van der Waals surface area contributed by atoms with E-state index in [4.69, 9.17) is 0 Å². The van der Waals surface area contributed by atoms with Crippen molar-refractivity contribution in [1.29, 1.82) is 0 Å². The van der Waals surface area contributed by atoms with Gasteiger partial charge >= 0.3 is 0 Å². The van der Waals surface area contributed by atoms with Crippen LogP contribution in [0.4, 0.5) is 0 Å². The second-order valence-electron chi connectivity index (χ2n) is 4.83. The zero-order valence-electron chi connectivity index (χ0n) is 10.7. The van der Waals surface area contributed by atoms with Crippen molar-refractivity contribution < 1.29 is 0 Å². The van der Waals surface area contributed by atoms with Gasteiger partial charge in [-0.15, -0.1) is 11.3 Å². The molecule has 4 heteroatoms. The van der Waals surface area contributed by atoms with Gasteiger partial charge in [0.05, 0.1) is 11.2 Å². The maximum absolute atomic E-state index is 4.26. The maximum atomic E-state index is 4.26. The Balaban J connectivity index is 1.53. The number of thiazole rings is 1. The van der Waals surface area contributed by atoms with Crippen molar-refractivity contribution in [3.63, 3.8) is 0 Å². The molecular weight excluding hydrogens is 230 g/mol. The lowest BCUT2D eigenvalue weighted by Gasteiger charge is -2.23. The Kier molecular flexibility index (Phi) is 5.42. The molecule has 1 aliphatic rings. The Morgan fingerprint density at radius 2 is 2.47 bits per heavy atom. The van der Waals surface area contributed by atoms with Crippen LogP contribution in [0.2, 0.25) is 0 Å². The summed E-state index contributed by atoms with van der Waals surface area (Å²) in [5.41, 5.74) is 3.11. The number of aryl methyl sites for hydroxylation is 1. The lowest BCUT2D eigenvalue weighted by Crippen LogP contribution is -2.34. The third-order valence-corrected chi connectivity index (χ3v) is 4.38. The van der Waals surface area contributed by atoms with Crippen LogP contribution in [-0.4, -0.2) is 24.1 Å². The van der Waals surface area contributed by atoms with Gasteiger partial charge in [0, 0.05) is 17.5 Å². The second-order valence-corrected chi connectivity index (χ2v) is 5.77. The van der Waals surface area contributed by atoms with Crippen LogP contribution in [0.1, 0.15) is 42.7 Å². The SMILES string of the molecule is Cc1ncsc1CNCCCC1CCCCN1. The molecule has 2 rings (SSSR count). The average molecular weight is 253 g/mol. The van der Waals surface area contributed by atoms with Crippen LogP contribution in [0, 0.1) is 6.92 Å². The third kappa shape index (κ3) is 4.37. The maximum Gasteiger partial charge on any atom is 0.0798 e. The molecule has 1 fully saturated rings. The minimum absolute atomic E-state index is 0.774. The topological polar surface area (TPSA) is 37.0 Å². The Labute approximate surface area is 108 Å². The highest BCUT2D eigenvalue weighted by molar-refractivity contribution is 7.09. The number of aromatic nitrogens is 1. The first-order valence-electron chi connectivity index (χ1n) is 6.69. The first kappa shape index (κ1) is 13.0. The van der Waals surface area contributed by atoms with E-state index in [1.54, 1.807) is 11.3 Å². The van der Waals surface area contributed by atoms with Crippen LogP contribution >= 0.6 is 11.3 Å². The van der Waals surface area contributed by atoms with Gasteiger partial charge in [-0.2, -0.15) is 0 Å². The number of rotatable bonds is 6. The van der Waals surface area contributed by atoms with E-state index in [9.17, 15) is 0 Å². The van der Waals surface area contributed by atoms with Gasteiger partial charge in [-0.3, -0.25) is 0 Å². The van der Waals surface area contributed by atoms with Crippen LogP contribution in [0.25, 0.3) is 0 Å². The van der Waals surface area contributed by atoms with Crippen molar-refractivity contribution in [3.05, 3.63) is 16.1 Å². The van der Waals surface area contributed by atoms with E-state index >= 15 is 0 Å². The highest BCUT2D eigenvalue weighted by atomic mass is 32.1. The molecule has 0 aliphatic carbocycles. The van der Waals surface area contributed by atoms with Gasteiger partial charge < -0.3 is 10.6 Å². The molecule has 0 spiro atoms. The quantitative estimate of drug-likeness (QED) is 0.765. The Bertz CT molecular complexity index is 318. The van der Waals surface area contributed by atoms with Gasteiger partial charge in [-0.25, -0.2) is 4.98 Å². The second kappa shape index (κ2) is 7.09. The van der Waals surface area contributed by atoms with E-state index in [1.807, 2.05) is 5.51 Å². The highest BCUT2D eigenvalue weighted by Crippen LogP contribution is 2.12. The summed E-state index contributed by atoms with van der Waals surface area (Å²) in [5.74, 6) is 0. The smallest absolute Gasteiger partial charge is 0.0798 e. The van der Waals surface area contributed by atoms with Gasteiger partial charge in [0.1, 0.15) is 0 Å². The van der Waals surface area contributed by atoms with Crippen molar-refractivity contribution >= 4 is 11.3 Å². The van der Waals surface area contributed by atoms with Crippen LogP contribution < -0.4 is 10.6 Å². The van der Waals surface area contributed by atoms with Crippen molar-refractivity contribution in [3.8, 4) is 0 Å². The summed E-state index contributed by atoms with van der Waals surface area (Å²) in [4.78, 5) is 5.63. The van der Waals surface area contributed by atoms with Crippen LogP contribution in [-0.2, 0) is 6.54 Å². The molecule has 1 unspecified atom stereocenters. The Hall–Kier alpha value is -0.450. The molecule has 1 atom stereocenters. The van der Waals surface area contributed by atoms with E-state index < -0.39 is 0 Å². The van der Waals surface area contributed by atoms with Gasteiger partial charge in [-0.05, 0) is 45.7 Å². The van der Waals surface area contributed by atoms with E-state index in [0.29, 0.717) is 0 Å². The molecule has 17 heavy (non-hydrogen) atoms. The first-order valence-corrected chi connectivity index (χ1v) is 7.57. The lowest BCUT2D eigenvalue weighted by atomic mass is 10.0. The number of hydrogen-bond acceptors (Lipinski definition) is 4. The minimum Gasteiger partial charge on any atom is -0.314 e. The Morgan fingerprint density at radius 3 is 3.18 bits per heavy atom. The molecule has 0 radical (unpaired) electrons. The molecule has 0 amide bonds. The van der Waals surface area contributed by atoms with Gasteiger partial charge in [0.15, 0.2) is 0 Å². The standard InChI is InChI=1S/C13H23N3S/c1-11-13(17-10-16-11)9-14-7-4-6-12-5-2-3-8-15-12/h10,12,14-15H,2-9H2,1H3. The summed E-state index contributed by atoms with van der Waals surface area (Å²) in [6.07, 6.45) is 6.72. The van der Waals surface area contributed by atoms with Crippen molar-refractivity contribution in [2.75, 3.05) is 13.1 Å². The summed E-state index contributed by atoms with van der Waals surface area (Å²) in [6.45, 7) is 5.40. The van der Waals surface area contributed by atoms with Crippen molar-refractivity contribution in [2.24, 2.45) is 0 Å². The van der Waals surface area contributed by atoms with Gasteiger partial charge in [-0.1, -0.05) is 6.42 Å². The fraction of sp³-hybridized carbons (Fsp3) is 0.769. The molecule has 2 heterocycles. The Morgan fingerprint density at radius 1 is 1.53 bits per heavy atom. The fourth-order valence-electron chi connectivity index (χ4n) is 2.34. The average Bonchev–Trinajstić information content (AvgIpc) is 2.76. The summed E-state index contributed by atoms with van der Waals surface area (Å²) in [7, 11) is 0. The fourth-order valence-corrected chi connectivity index (χ4v) is 3.09. The van der Waals surface area contributed by atoms with Gasteiger partial charge in [0.2, 0.25) is 0 Å². The highest BCUT2D eigenvalue weighted by Gasteiger charge is 2.11.